The van der Waals surface area contributed by atoms with Crippen LogP contribution in [0, 0.1) is 13.8 Å². The summed E-state index contributed by atoms with van der Waals surface area (Å²) in [6.07, 6.45) is 3.94. The fourth-order valence-corrected chi connectivity index (χ4v) is 7.02. The zero-order valence-corrected chi connectivity index (χ0v) is 26.9. The molecule has 3 aromatic carbocycles. The SMILES string of the molecule is COc1ccc(C)cc1N(CC(=O)N(Cc1cccc(Br)c1)[C@H](C)C(=O)NC1CCCC1)S(=O)(=O)c1ccc(C)cc1. The van der Waals surface area contributed by atoms with Crippen molar-refractivity contribution in [3.05, 3.63) is 87.9 Å². The van der Waals surface area contributed by atoms with Gasteiger partial charge in [0.05, 0.1) is 17.7 Å². The van der Waals surface area contributed by atoms with Crippen LogP contribution in [0.3, 0.4) is 0 Å². The lowest BCUT2D eigenvalue weighted by Crippen LogP contribution is -2.52. The molecular weight excluding hydrogens is 618 g/mol. The van der Waals surface area contributed by atoms with Crippen molar-refractivity contribution in [2.45, 2.75) is 70.0 Å². The van der Waals surface area contributed by atoms with E-state index in [0.717, 1.165) is 51.2 Å². The Labute approximate surface area is 257 Å². The molecule has 42 heavy (non-hydrogen) atoms. The minimum atomic E-state index is -4.20. The largest absolute Gasteiger partial charge is 0.495 e. The number of carbonyl (C=O) groups is 2. The molecule has 8 nitrogen and oxygen atoms in total. The van der Waals surface area contributed by atoms with E-state index < -0.39 is 28.5 Å². The molecule has 3 aromatic rings. The van der Waals surface area contributed by atoms with Crippen molar-refractivity contribution in [2.75, 3.05) is 18.0 Å². The van der Waals surface area contributed by atoms with Crippen molar-refractivity contribution in [3.63, 3.8) is 0 Å². The molecule has 1 aliphatic carbocycles. The summed E-state index contributed by atoms with van der Waals surface area (Å²) in [5, 5.41) is 3.09. The Balaban J connectivity index is 1.74. The summed E-state index contributed by atoms with van der Waals surface area (Å²) in [6, 6.07) is 18.4. The summed E-state index contributed by atoms with van der Waals surface area (Å²) < 4.78 is 35.7. The smallest absolute Gasteiger partial charge is 0.264 e. The minimum Gasteiger partial charge on any atom is -0.495 e. The molecule has 0 spiro atoms. The number of aryl methyl sites for hydroxylation is 2. The van der Waals surface area contributed by atoms with E-state index in [1.165, 1.54) is 24.1 Å². The van der Waals surface area contributed by atoms with Crippen LogP contribution in [0.15, 0.2) is 76.1 Å². The molecule has 0 radical (unpaired) electrons. The van der Waals surface area contributed by atoms with Gasteiger partial charge in [0.1, 0.15) is 18.3 Å². The first-order chi connectivity index (χ1) is 20.0. The molecule has 1 N–H and O–H groups in total. The lowest BCUT2D eigenvalue weighted by atomic mass is 10.1. The highest BCUT2D eigenvalue weighted by atomic mass is 79.9. The second-order valence-electron chi connectivity index (χ2n) is 10.8. The molecule has 0 aliphatic heterocycles. The molecule has 1 atom stereocenters. The Bertz CT molecular complexity index is 1520. The van der Waals surface area contributed by atoms with Crippen molar-refractivity contribution >= 4 is 43.5 Å². The molecule has 0 aromatic heterocycles. The third kappa shape index (κ3) is 7.52. The summed E-state index contributed by atoms with van der Waals surface area (Å²) in [4.78, 5) is 29.1. The van der Waals surface area contributed by atoms with Crippen LogP contribution < -0.4 is 14.4 Å². The molecule has 0 saturated heterocycles. The molecular formula is C32H38BrN3O5S. The van der Waals surface area contributed by atoms with Gasteiger partial charge in [-0.15, -0.1) is 0 Å². The lowest BCUT2D eigenvalue weighted by molar-refractivity contribution is -0.139. The number of anilines is 1. The van der Waals surface area contributed by atoms with Crippen LogP contribution in [-0.2, 0) is 26.2 Å². The molecule has 0 unspecified atom stereocenters. The number of benzene rings is 3. The van der Waals surface area contributed by atoms with E-state index in [9.17, 15) is 18.0 Å². The van der Waals surface area contributed by atoms with Gasteiger partial charge in [-0.1, -0.05) is 64.7 Å². The number of hydrogen-bond donors (Lipinski definition) is 1. The first kappa shape index (κ1) is 31.6. The number of sulfonamides is 1. The molecule has 4 rings (SSSR count). The fraction of sp³-hybridized carbons (Fsp3) is 0.375. The minimum absolute atomic E-state index is 0.0509. The second-order valence-corrected chi connectivity index (χ2v) is 13.6. The molecule has 0 heterocycles. The van der Waals surface area contributed by atoms with Gasteiger partial charge in [0.2, 0.25) is 11.8 Å². The van der Waals surface area contributed by atoms with Crippen molar-refractivity contribution in [1.29, 1.82) is 0 Å². The van der Waals surface area contributed by atoms with Gasteiger partial charge in [0.25, 0.3) is 10.0 Å². The van der Waals surface area contributed by atoms with E-state index in [-0.39, 0.29) is 29.1 Å². The van der Waals surface area contributed by atoms with Crippen molar-refractivity contribution in [2.24, 2.45) is 0 Å². The van der Waals surface area contributed by atoms with Gasteiger partial charge in [0.15, 0.2) is 0 Å². The number of carbonyl (C=O) groups excluding carboxylic acids is 2. The van der Waals surface area contributed by atoms with E-state index in [1.807, 2.05) is 44.2 Å². The van der Waals surface area contributed by atoms with Gasteiger partial charge in [-0.25, -0.2) is 8.42 Å². The van der Waals surface area contributed by atoms with E-state index in [0.29, 0.717) is 5.75 Å². The number of hydrogen-bond acceptors (Lipinski definition) is 5. The number of amides is 2. The van der Waals surface area contributed by atoms with Gasteiger partial charge in [-0.05, 0) is 81.1 Å². The Morgan fingerprint density at radius 3 is 2.31 bits per heavy atom. The summed E-state index contributed by atoms with van der Waals surface area (Å²) in [6.45, 7) is 5.01. The van der Waals surface area contributed by atoms with Crippen LogP contribution in [0.25, 0.3) is 0 Å². The topological polar surface area (TPSA) is 96.0 Å². The second kappa shape index (κ2) is 13.7. The number of ether oxygens (including phenoxy) is 1. The first-order valence-corrected chi connectivity index (χ1v) is 16.3. The number of nitrogens with zero attached hydrogens (tertiary/aromatic N) is 2. The molecule has 224 valence electrons. The van der Waals surface area contributed by atoms with Crippen molar-refractivity contribution < 1.29 is 22.7 Å². The summed E-state index contributed by atoms with van der Waals surface area (Å²) in [5.74, 6) is -0.454. The summed E-state index contributed by atoms with van der Waals surface area (Å²) >= 11 is 3.48. The van der Waals surface area contributed by atoms with Gasteiger partial charge in [-0.2, -0.15) is 0 Å². The van der Waals surface area contributed by atoms with Gasteiger partial charge < -0.3 is 15.0 Å². The fourth-order valence-electron chi connectivity index (χ4n) is 5.15. The summed E-state index contributed by atoms with van der Waals surface area (Å²) in [5.41, 5.74) is 2.76. The normalized spacial score (nSPS) is 14.3. The number of methoxy groups -OCH3 is 1. The van der Waals surface area contributed by atoms with Crippen molar-refractivity contribution in [1.82, 2.24) is 10.2 Å². The van der Waals surface area contributed by atoms with Gasteiger partial charge >= 0.3 is 0 Å². The number of rotatable bonds is 11. The highest BCUT2D eigenvalue weighted by Gasteiger charge is 2.34. The quantitative estimate of drug-likeness (QED) is 0.284. The number of halogens is 1. The highest BCUT2D eigenvalue weighted by Crippen LogP contribution is 2.34. The van der Waals surface area contributed by atoms with Gasteiger partial charge in [0, 0.05) is 17.1 Å². The predicted octanol–water partition coefficient (Wildman–Crippen LogP) is 5.75. The van der Waals surface area contributed by atoms with E-state index in [1.54, 1.807) is 31.2 Å². The van der Waals surface area contributed by atoms with Gasteiger partial charge in [-0.3, -0.25) is 13.9 Å². The van der Waals surface area contributed by atoms with Crippen LogP contribution in [0.5, 0.6) is 5.75 Å². The third-order valence-electron chi connectivity index (χ3n) is 7.60. The van der Waals surface area contributed by atoms with Crippen LogP contribution in [0.2, 0.25) is 0 Å². The standard InChI is InChI=1S/C32H38BrN3O5S/c1-22-12-15-28(16-13-22)42(39,40)36(29-18-23(2)14-17-30(29)41-4)21-31(37)35(20-25-8-7-9-26(33)19-25)24(3)32(38)34-27-10-5-6-11-27/h7-9,12-19,24,27H,5-6,10-11,20-21H2,1-4H3,(H,34,38)/t24-/m1/s1. The third-order valence-corrected chi connectivity index (χ3v) is 9.87. The van der Waals surface area contributed by atoms with Crippen LogP contribution in [-0.4, -0.2) is 50.9 Å². The van der Waals surface area contributed by atoms with Crippen LogP contribution >= 0.6 is 15.9 Å². The molecule has 1 saturated carbocycles. The Kier molecular flexibility index (Phi) is 10.3. The lowest BCUT2D eigenvalue weighted by Gasteiger charge is -2.33. The molecule has 1 fully saturated rings. The Morgan fingerprint density at radius 2 is 1.67 bits per heavy atom. The molecule has 1 aliphatic rings. The maximum atomic E-state index is 14.2. The first-order valence-electron chi connectivity index (χ1n) is 14.1. The maximum absolute atomic E-state index is 14.2. The highest BCUT2D eigenvalue weighted by molar-refractivity contribution is 9.10. The Hall–Kier alpha value is -3.37. The zero-order chi connectivity index (χ0) is 30.4. The van der Waals surface area contributed by atoms with E-state index in [4.69, 9.17) is 4.74 Å². The van der Waals surface area contributed by atoms with Crippen molar-refractivity contribution in [3.8, 4) is 5.75 Å². The van der Waals surface area contributed by atoms with Crippen LogP contribution in [0.4, 0.5) is 5.69 Å². The average molecular weight is 657 g/mol. The van der Waals surface area contributed by atoms with Crippen LogP contribution in [0.1, 0.15) is 49.3 Å². The molecule has 2 amide bonds. The molecule has 0 bridgehead atoms. The van der Waals surface area contributed by atoms with E-state index >= 15 is 0 Å². The maximum Gasteiger partial charge on any atom is 0.264 e. The van der Waals surface area contributed by atoms with E-state index in [2.05, 4.69) is 21.2 Å². The summed E-state index contributed by atoms with van der Waals surface area (Å²) in [7, 11) is -2.74. The number of nitrogens with one attached hydrogen (secondary N) is 1. The average Bonchev–Trinajstić information content (AvgIpc) is 3.47. The Morgan fingerprint density at radius 1 is 1.00 bits per heavy atom. The zero-order valence-electron chi connectivity index (χ0n) is 24.5. The predicted molar refractivity (Wildman–Crippen MR) is 168 cm³/mol. The monoisotopic (exact) mass is 655 g/mol. The molecule has 10 heteroatoms.